The Kier molecular flexibility index (Phi) is 5.11. The molecule has 0 saturated heterocycles. The largest absolute Gasteiger partial charge is 0.477 e. The third-order valence-electron chi connectivity index (χ3n) is 2.51. The molecule has 0 aliphatic heterocycles. The maximum Gasteiger partial charge on any atom is 0.345 e. The highest BCUT2D eigenvalue weighted by Gasteiger charge is 2.11. The molecule has 0 aliphatic rings. The lowest BCUT2D eigenvalue weighted by atomic mass is 10.2. The fraction of sp³-hybridized carbons (Fsp3) is 0.583. The summed E-state index contributed by atoms with van der Waals surface area (Å²) in [6, 6.07) is 2.15. The molecule has 1 unspecified atom stereocenters. The number of hydrogen-bond acceptors (Lipinski definition) is 4. The van der Waals surface area contributed by atoms with Crippen molar-refractivity contribution in [2.45, 2.75) is 26.4 Å². The van der Waals surface area contributed by atoms with Crippen LogP contribution in [0, 0.1) is 6.92 Å². The molecule has 4 nitrogen and oxygen atoms in total. The van der Waals surface area contributed by atoms with Gasteiger partial charge in [0.2, 0.25) is 0 Å². The Balaban J connectivity index is 2.54. The highest BCUT2D eigenvalue weighted by Crippen LogP contribution is 2.21. The summed E-state index contributed by atoms with van der Waals surface area (Å²) in [5, 5.41) is 12.3. The molecule has 96 valence electrons. The van der Waals surface area contributed by atoms with Crippen molar-refractivity contribution in [1.82, 2.24) is 10.2 Å². The van der Waals surface area contributed by atoms with E-state index in [4.69, 9.17) is 5.11 Å². The summed E-state index contributed by atoms with van der Waals surface area (Å²) in [5.41, 5.74) is 1.08. The molecule has 0 fully saturated rings. The molecule has 2 N–H and O–H groups in total. The van der Waals surface area contributed by atoms with Gasteiger partial charge in [0.1, 0.15) is 4.88 Å². The van der Waals surface area contributed by atoms with Crippen LogP contribution >= 0.6 is 11.3 Å². The summed E-state index contributed by atoms with van der Waals surface area (Å²) in [6.45, 7) is 5.78. The summed E-state index contributed by atoms with van der Waals surface area (Å²) in [5.74, 6) is -0.842. The standard InChI is InChI=1S/C12H20N2O2S/c1-8(7-14(3)4)13-6-10-5-11(12(15)16)17-9(10)2/h5,8,13H,6-7H2,1-4H3,(H,15,16). The van der Waals surface area contributed by atoms with E-state index in [1.165, 1.54) is 11.3 Å². The zero-order valence-corrected chi connectivity index (χ0v) is 11.6. The van der Waals surface area contributed by atoms with Crippen molar-refractivity contribution in [2.75, 3.05) is 20.6 Å². The van der Waals surface area contributed by atoms with Gasteiger partial charge < -0.3 is 15.3 Å². The van der Waals surface area contributed by atoms with Crippen LogP contribution in [0.2, 0.25) is 0 Å². The van der Waals surface area contributed by atoms with E-state index in [1.807, 2.05) is 21.0 Å². The Morgan fingerprint density at radius 2 is 2.24 bits per heavy atom. The Morgan fingerprint density at radius 1 is 1.59 bits per heavy atom. The lowest BCUT2D eigenvalue weighted by molar-refractivity contribution is 0.0702. The van der Waals surface area contributed by atoms with Crippen molar-refractivity contribution < 1.29 is 9.90 Å². The first-order valence-corrected chi connectivity index (χ1v) is 6.42. The molecule has 1 rings (SSSR count). The van der Waals surface area contributed by atoms with Crippen molar-refractivity contribution in [3.63, 3.8) is 0 Å². The molecule has 5 heteroatoms. The molecule has 0 saturated carbocycles. The Bertz CT molecular complexity index is 388. The van der Waals surface area contributed by atoms with Gasteiger partial charge in [-0.25, -0.2) is 4.79 Å². The lowest BCUT2D eigenvalue weighted by Gasteiger charge is -2.18. The van der Waals surface area contributed by atoms with Crippen LogP contribution in [0.4, 0.5) is 0 Å². The molecule has 0 radical (unpaired) electrons. The number of aryl methyl sites for hydroxylation is 1. The average Bonchev–Trinajstić information content (AvgIpc) is 2.56. The summed E-state index contributed by atoms with van der Waals surface area (Å²) in [7, 11) is 4.08. The van der Waals surface area contributed by atoms with Gasteiger partial charge in [0.05, 0.1) is 0 Å². The predicted octanol–water partition coefficient (Wildman–Crippen LogP) is 1.79. The molecule has 0 aliphatic carbocycles. The van der Waals surface area contributed by atoms with Crippen LogP contribution in [-0.4, -0.2) is 42.7 Å². The molecule has 17 heavy (non-hydrogen) atoms. The molecule has 0 aromatic carbocycles. The molecule has 1 heterocycles. The monoisotopic (exact) mass is 256 g/mol. The van der Waals surface area contributed by atoms with E-state index in [0.717, 1.165) is 23.5 Å². The minimum atomic E-state index is -0.842. The van der Waals surface area contributed by atoms with Crippen LogP contribution in [0.5, 0.6) is 0 Å². The number of aromatic carboxylic acids is 1. The zero-order valence-electron chi connectivity index (χ0n) is 10.8. The molecule has 0 spiro atoms. The van der Waals surface area contributed by atoms with E-state index in [1.54, 1.807) is 6.07 Å². The van der Waals surface area contributed by atoms with E-state index in [-0.39, 0.29) is 0 Å². The van der Waals surface area contributed by atoms with Crippen molar-refractivity contribution in [1.29, 1.82) is 0 Å². The maximum atomic E-state index is 10.8. The number of thiophene rings is 1. The van der Waals surface area contributed by atoms with Gasteiger partial charge in [-0.1, -0.05) is 0 Å². The number of carbonyl (C=O) groups is 1. The third-order valence-corrected chi connectivity index (χ3v) is 3.59. The van der Waals surface area contributed by atoms with Crippen molar-refractivity contribution >= 4 is 17.3 Å². The van der Waals surface area contributed by atoms with Gasteiger partial charge in [0.15, 0.2) is 0 Å². The van der Waals surface area contributed by atoms with Crippen molar-refractivity contribution in [3.05, 3.63) is 21.4 Å². The minimum absolute atomic E-state index is 0.387. The second kappa shape index (κ2) is 6.14. The van der Waals surface area contributed by atoms with Crippen LogP contribution < -0.4 is 5.32 Å². The normalized spacial score (nSPS) is 13.0. The second-order valence-corrected chi connectivity index (χ2v) is 5.80. The fourth-order valence-electron chi connectivity index (χ4n) is 1.70. The minimum Gasteiger partial charge on any atom is -0.477 e. The van der Waals surface area contributed by atoms with Crippen molar-refractivity contribution in [3.8, 4) is 0 Å². The van der Waals surface area contributed by atoms with Gasteiger partial charge in [-0.05, 0) is 39.6 Å². The maximum absolute atomic E-state index is 10.8. The highest BCUT2D eigenvalue weighted by atomic mass is 32.1. The molecule has 1 atom stereocenters. The molecule has 0 bridgehead atoms. The van der Waals surface area contributed by atoms with Gasteiger partial charge in [0, 0.05) is 24.0 Å². The lowest BCUT2D eigenvalue weighted by Crippen LogP contribution is -2.35. The van der Waals surface area contributed by atoms with E-state index < -0.39 is 5.97 Å². The number of likely N-dealkylation sites (N-methyl/N-ethyl adjacent to an activating group) is 1. The summed E-state index contributed by atoms with van der Waals surface area (Å²) in [6.07, 6.45) is 0. The molecular weight excluding hydrogens is 236 g/mol. The number of hydrogen-bond donors (Lipinski definition) is 2. The van der Waals surface area contributed by atoms with E-state index in [0.29, 0.717) is 10.9 Å². The van der Waals surface area contributed by atoms with E-state index in [2.05, 4.69) is 17.1 Å². The number of carboxylic acids is 1. The molecule has 0 amide bonds. The topological polar surface area (TPSA) is 52.6 Å². The number of nitrogens with zero attached hydrogens (tertiary/aromatic N) is 1. The average molecular weight is 256 g/mol. The van der Waals surface area contributed by atoms with Crippen LogP contribution in [0.3, 0.4) is 0 Å². The Hall–Kier alpha value is -0.910. The summed E-state index contributed by atoms with van der Waals surface area (Å²) in [4.78, 5) is 14.5. The number of rotatable bonds is 6. The van der Waals surface area contributed by atoms with Crippen LogP contribution in [0.1, 0.15) is 27.0 Å². The molecule has 1 aromatic rings. The van der Waals surface area contributed by atoms with Gasteiger partial charge in [-0.3, -0.25) is 0 Å². The first kappa shape index (κ1) is 14.2. The van der Waals surface area contributed by atoms with Crippen LogP contribution in [0.25, 0.3) is 0 Å². The summed E-state index contributed by atoms with van der Waals surface area (Å²) < 4.78 is 0. The predicted molar refractivity (Wildman–Crippen MR) is 70.9 cm³/mol. The number of nitrogens with one attached hydrogen (secondary N) is 1. The first-order chi connectivity index (χ1) is 7.90. The third kappa shape index (κ3) is 4.46. The molecular formula is C12H20N2O2S. The first-order valence-electron chi connectivity index (χ1n) is 5.61. The smallest absolute Gasteiger partial charge is 0.345 e. The Morgan fingerprint density at radius 3 is 2.71 bits per heavy atom. The van der Waals surface area contributed by atoms with E-state index in [9.17, 15) is 4.79 Å². The summed E-state index contributed by atoms with van der Waals surface area (Å²) >= 11 is 1.34. The SMILES string of the molecule is Cc1sc(C(=O)O)cc1CNC(C)CN(C)C. The Labute approximate surface area is 106 Å². The van der Waals surface area contributed by atoms with Gasteiger partial charge in [-0.15, -0.1) is 11.3 Å². The zero-order chi connectivity index (χ0) is 13.0. The quantitative estimate of drug-likeness (QED) is 0.815. The van der Waals surface area contributed by atoms with Gasteiger partial charge in [-0.2, -0.15) is 0 Å². The van der Waals surface area contributed by atoms with Gasteiger partial charge >= 0.3 is 5.97 Å². The van der Waals surface area contributed by atoms with Crippen LogP contribution in [0.15, 0.2) is 6.07 Å². The highest BCUT2D eigenvalue weighted by molar-refractivity contribution is 7.14. The van der Waals surface area contributed by atoms with Gasteiger partial charge in [0.25, 0.3) is 0 Å². The second-order valence-electron chi connectivity index (χ2n) is 4.54. The van der Waals surface area contributed by atoms with Crippen LogP contribution in [-0.2, 0) is 6.54 Å². The molecule has 1 aromatic heterocycles. The fourth-order valence-corrected chi connectivity index (χ4v) is 2.58. The van der Waals surface area contributed by atoms with Crippen molar-refractivity contribution in [2.24, 2.45) is 0 Å². The number of carboxylic acid groups (broad SMARTS) is 1. The van der Waals surface area contributed by atoms with E-state index >= 15 is 0 Å².